The van der Waals surface area contributed by atoms with Crippen molar-refractivity contribution in [3.8, 4) is 0 Å². The van der Waals surface area contributed by atoms with Gasteiger partial charge in [0.2, 0.25) is 11.8 Å². The van der Waals surface area contributed by atoms with Crippen molar-refractivity contribution >= 4 is 29.7 Å². The summed E-state index contributed by atoms with van der Waals surface area (Å²) in [6.45, 7) is 2.77. The Morgan fingerprint density at radius 2 is 1.43 bits per heavy atom. The number of carbonyl (C=O) groups excluding carboxylic acids is 5. The lowest BCUT2D eigenvalue weighted by Gasteiger charge is -2.24. The number of amides is 5. The number of hydrogen-bond donors (Lipinski definition) is 2. The second kappa shape index (κ2) is 9.57. The minimum absolute atomic E-state index is 0.0418. The molecule has 0 radical (unpaired) electrons. The van der Waals surface area contributed by atoms with Gasteiger partial charge < -0.3 is 10.1 Å². The van der Waals surface area contributed by atoms with Gasteiger partial charge in [-0.15, -0.1) is 0 Å². The third kappa shape index (κ3) is 4.82. The van der Waals surface area contributed by atoms with Gasteiger partial charge in [0.15, 0.2) is 6.10 Å². The van der Waals surface area contributed by atoms with Crippen molar-refractivity contribution in [2.24, 2.45) is 11.8 Å². The zero-order valence-electron chi connectivity index (χ0n) is 17.6. The number of imide groups is 2. The first-order valence-corrected chi connectivity index (χ1v) is 11.0. The van der Waals surface area contributed by atoms with E-state index in [0.29, 0.717) is 12.8 Å². The van der Waals surface area contributed by atoms with E-state index in [1.165, 1.54) is 13.8 Å². The number of likely N-dealkylation sites (tertiary alicyclic amines) is 1. The van der Waals surface area contributed by atoms with Crippen molar-refractivity contribution in [3.05, 3.63) is 0 Å². The minimum Gasteiger partial charge on any atom is -0.451 e. The molecular formula is C21H31N3O6. The van der Waals surface area contributed by atoms with Crippen molar-refractivity contribution in [2.75, 3.05) is 0 Å². The van der Waals surface area contributed by atoms with Gasteiger partial charge in [0, 0.05) is 6.04 Å². The van der Waals surface area contributed by atoms with E-state index in [4.69, 9.17) is 4.74 Å². The molecule has 166 valence electrons. The maximum atomic E-state index is 12.6. The number of hydrogen-bond acceptors (Lipinski definition) is 6. The van der Waals surface area contributed by atoms with Crippen LogP contribution >= 0.6 is 0 Å². The van der Waals surface area contributed by atoms with Crippen LogP contribution in [0.4, 0.5) is 4.79 Å². The van der Waals surface area contributed by atoms with Gasteiger partial charge in [0.25, 0.3) is 5.91 Å². The molecule has 1 aliphatic heterocycles. The van der Waals surface area contributed by atoms with Crippen LogP contribution in [0.1, 0.15) is 71.6 Å². The van der Waals surface area contributed by atoms with Gasteiger partial charge in [-0.3, -0.25) is 24.6 Å². The standard InChI is InChI=1S/C21H31N3O6/c1-12(24-18(26)15-10-6-7-11-16(15)19(24)27)20(28)30-13(2)17(25)23-21(29)22-14-8-4-3-5-9-14/h12-16H,3-11H2,1-2H3,(H2,22,23,25,29)/t12-,13+,15-,16+/m0/s1. The highest BCUT2D eigenvalue weighted by Crippen LogP contribution is 2.38. The van der Waals surface area contributed by atoms with Crippen molar-refractivity contribution in [1.82, 2.24) is 15.5 Å². The predicted octanol–water partition coefficient (Wildman–Crippen LogP) is 1.64. The Labute approximate surface area is 176 Å². The summed E-state index contributed by atoms with van der Waals surface area (Å²) >= 11 is 0. The minimum atomic E-state index is -1.23. The Bertz CT molecular complexity index is 694. The Hall–Kier alpha value is -2.45. The summed E-state index contributed by atoms with van der Waals surface area (Å²) in [7, 11) is 0. The Morgan fingerprint density at radius 1 is 0.900 bits per heavy atom. The number of rotatable bonds is 5. The topological polar surface area (TPSA) is 122 Å². The zero-order chi connectivity index (χ0) is 21.8. The quantitative estimate of drug-likeness (QED) is 0.514. The van der Waals surface area contributed by atoms with Crippen molar-refractivity contribution in [2.45, 2.75) is 89.8 Å². The number of nitrogens with zero attached hydrogens (tertiary/aromatic N) is 1. The average Bonchev–Trinajstić information content (AvgIpc) is 2.98. The molecule has 3 aliphatic rings. The number of fused-ring (bicyclic) bond motifs is 1. The van der Waals surface area contributed by atoms with Crippen molar-refractivity contribution in [1.29, 1.82) is 0 Å². The first-order chi connectivity index (χ1) is 14.3. The molecule has 9 nitrogen and oxygen atoms in total. The first-order valence-electron chi connectivity index (χ1n) is 11.0. The molecule has 9 heteroatoms. The van der Waals surface area contributed by atoms with Crippen LogP contribution in [0.15, 0.2) is 0 Å². The van der Waals surface area contributed by atoms with E-state index in [0.717, 1.165) is 49.8 Å². The van der Waals surface area contributed by atoms with Gasteiger partial charge in [-0.2, -0.15) is 0 Å². The molecule has 2 N–H and O–H groups in total. The number of esters is 1. The lowest BCUT2D eigenvalue weighted by Crippen LogP contribution is -2.50. The monoisotopic (exact) mass is 421 g/mol. The SMILES string of the molecule is C[C@@H](OC(=O)[C@H](C)N1C(=O)[C@H]2CCCC[C@H]2C1=O)C(=O)NC(=O)NC1CCCCC1. The largest absolute Gasteiger partial charge is 0.451 e. The molecule has 4 atom stereocenters. The zero-order valence-corrected chi connectivity index (χ0v) is 17.6. The number of ether oxygens (including phenoxy) is 1. The molecule has 1 saturated heterocycles. The molecule has 0 aromatic carbocycles. The summed E-state index contributed by atoms with van der Waals surface area (Å²) < 4.78 is 5.15. The molecule has 30 heavy (non-hydrogen) atoms. The Kier molecular flexibility index (Phi) is 7.10. The molecule has 0 spiro atoms. The van der Waals surface area contributed by atoms with E-state index in [1.807, 2.05) is 0 Å². The molecule has 2 aliphatic carbocycles. The molecular weight excluding hydrogens is 390 g/mol. The van der Waals surface area contributed by atoms with Gasteiger partial charge in [-0.05, 0) is 39.5 Å². The van der Waals surface area contributed by atoms with Crippen LogP contribution in [0.5, 0.6) is 0 Å². The third-order valence-corrected chi connectivity index (χ3v) is 6.44. The van der Waals surface area contributed by atoms with Crippen LogP contribution < -0.4 is 10.6 Å². The summed E-state index contributed by atoms with van der Waals surface area (Å²) in [4.78, 5) is 62.9. The van der Waals surface area contributed by atoms with Crippen LogP contribution in [-0.2, 0) is 23.9 Å². The van der Waals surface area contributed by atoms with E-state index in [1.54, 1.807) is 0 Å². The highest BCUT2D eigenvalue weighted by atomic mass is 16.5. The number of carbonyl (C=O) groups is 5. The molecule has 0 aromatic rings. The summed E-state index contributed by atoms with van der Waals surface area (Å²) in [5, 5.41) is 4.94. The summed E-state index contributed by atoms with van der Waals surface area (Å²) in [5.74, 6) is -2.98. The van der Waals surface area contributed by atoms with Crippen LogP contribution in [0.3, 0.4) is 0 Å². The summed E-state index contributed by atoms with van der Waals surface area (Å²) in [6.07, 6.45) is 6.86. The lowest BCUT2D eigenvalue weighted by atomic mass is 9.81. The van der Waals surface area contributed by atoms with Gasteiger partial charge >= 0.3 is 12.0 Å². The van der Waals surface area contributed by atoms with Crippen molar-refractivity contribution in [3.63, 3.8) is 0 Å². The lowest BCUT2D eigenvalue weighted by molar-refractivity contribution is -0.163. The molecule has 2 saturated carbocycles. The van der Waals surface area contributed by atoms with E-state index < -0.39 is 30.1 Å². The molecule has 3 fully saturated rings. The summed E-state index contributed by atoms with van der Waals surface area (Å²) in [5.41, 5.74) is 0. The van der Waals surface area contributed by atoms with Crippen LogP contribution in [0.2, 0.25) is 0 Å². The van der Waals surface area contributed by atoms with E-state index in [9.17, 15) is 24.0 Å². The van der Waals surface area contributed by atoms with Crippen LogP contribution in [0.25, 0.3) is 0 Å². The molecule has 1 heterocycles. The smallest absolute Gasteiger partial charge is 0.329 e. The Morgan fingerprint density at radius 3 is 2.00 bits per heavy atom. The maximum absolute atomic E-state index is 12.6. The highest BCUT2D eigenvalue weighted by Gasteiger charge is 2.51. The van der Waals surface area contributed by atoms with E-state index in [2.05, 4.69) is 10.6 Å². The summed E-state index contributed by atoms with van der Waals surface area (Å²) in [6, 6.07) is -1.68. The second-order valence-electron chi connectivity index (χ2n) is 8.60. The fraction of sp³-hybridized carbons (Fsp3) is 0.762. The van der Waals surface area contributed by atoms with Gasteiger partial charge in [-0.25, -0.2) is 9.59 Å². The van der Waals surface area contributed by atoms with E-state index in [-0.39, 0.29) is 29.7 Å². The predicted molar refractivity (Wildman–Crippen MR) is 106 cm³/mol. The van der Waals surface area contributed by atoms with Gasteiger partial charge in [0.1, 0.15) is 6.04 Å². The molecule has 0 unspecified atom stereocenters. The average molecular weight is 421 g/mol. The fourth-order valence-electron chi connectivity index (χ4n) is 4.68. The third-order valence-electron chi connectivity index (χ3n) is 6.44. The maximum Gasteiger partial charge on any atom is 0.329 e. The number of nitrogens with one attached hydrogen (secondary N) is 2. The van der Waals surface area contributed by atoms with E-state index >= 15 is 0 Å². The second-order valence-corrected chi connectivity index (χ2v) is 8.60. The molecule has 0 aromatic heterocycles. The molecule has 5 amide bonds. The van der Waals surface area contributed by atoms with Crippen molar-refractivity contribution < 1.29 is 28.7 Å². The Balaban J connectivity index is 1.50. The first kappa shape index (κ1) is 22.2. The number of urea groups is 1. The fourth-order valence-corrected chi connectivity index (χ4v) is 4.68. The van der Waals surface area contributed by atoms with Gasteiger partial charge in [-0.1, -0.05) is 32.1 Å². The van der Waals surface area contributed by atoms with Crippen LogP contribution in [-0.4, -0.2) is 52.8 Å². The molecule has 3 rings (SSSR count). The molecule has 0 bridgehead atoms. The van der Waals surface area contributed by atoms with Gasteiger partial charge in [0.05, 0.1) is 11.8 Å². The normalized spacial score (nSPS) is 26.5. The van der Waals surface area contributed by atoms with Crippen LogP contribution in [0, 0.1) is 11.8 Å². The highest BCUT2D eigenvalue weighted by molar-refractivity contribution is 6.08.